The maximum atomic E-state index is 11.1. The van der Waals surface area contributed by atoms with Crippen LogP contribution in [0, 0.1) is 0 Å². The third-order valence-corrected chi connectivity index (χ3v) is 4.63. The van der Waals surface area contributed by atoms with Gasteiger partial charge in [-0.1, -0.05) is 24.8 Å². The summed E-state index contributed by atoms with van der Waals surface area (Å²) in [6.07, 6.45) is 3.61. The van der Waals surface area contributed by atoms with E-state index in [2.05, 4.69) is 17.1 Å². The molecule has 130 valence electrons. The number of rotatable bonds is 10. The summed E-state index contributed by atoms with van der Waals surface area (Å²) in [4.78, 5) is 11.1. The Kier molecular flexibility index (Phi) is 7.11. The Labute approximate surface area is 146 Å². The molecule has 1 heterocycles. The minimum Gasteiger partial charge on any atom is -0.493 e. The van der Waals surface area contributed by atoms with Gasteiger partial charge in [-0.15, -0.1) is 10.2 Å². The largest absolute Gasteiger partial charge is 0.493 e. The Bertz CT molecular complexity index is 673. The average Bonchev–Trinajstić information content (AvgIpc) is 2.95. The number of carbonyl (C=O) groups is 1. The van der Waals surface area contributed by atoms with Crippen molar-refractivity contribution in [2.24, 2.45) is 7.05 Å². The zero-order chi connectivity index (χ0) is 17.4. The van der Waals surface area contributed by atoms with Crippen molar-refractivity contribution in [2.75, 3.05) is 19.5 Å². The maximum Gasteiger partial charge on any atom is 0.190 e. The van der Waals surface area contributed by atoms with Crippen molar-refractivity contribution in [3.8, 4) is 11.5 Å². The van der Waals surface area contributed by atoms with Gasteiger partial charge in [0.15, 0.2) is 22.9 Å². The molecule has 0 aliphatic carbocycles. The van der Waals surface area contributed by atoms with Crippen LogP contribution in [0.25, 0.3) is 0 Å². The predicted octanol–water partition coefficient (Wildman–Crippen LogP) is 3.15. The van der Waals surface area contributed by atoms with Crippen molar-refractivity contribution >= 4 is 18.0 Å². The Morgan fingerprint density at radius 2 is 2.17 bits per heavy atom. The minimum absolute atomic E-state index is 0.500. The topological polar surface area (TPSA) is 66.2 Å². The lowest BCUT2D eigenvalue weighted by Gasteiger charge is -2.12. The molecule has 7 heteroatoms. The highest BCUT2D eigenvalue weighted by Gasteiger charge is 2.11. The van der Waals surface area contributed by atoms with Crippen molar-refractivity contribution in [3.63, 3.8) is 0 Å². The third-order valence-electron chi connectivity index (χ3n) is 3.52. The molecule has 0 radical (unpaired) electrons. The number of hydrogen-bond acceptors (Lipinski definition) is 6. The lowest BCUT2D eigenvalue weighted by Crippen LogP contribution is -2.04. The molecule has 1 aromatic heterocycles. The van der Waals surface area contributed by atoms with Gasteiger partial charge in [-0.3, -0.25) is 4.79 Å². The Balaban J connectivity index is 1.83. The van der Waals surface area contributed by atoms with Crippen molar-refractivity contribution in [1.29, 1.82) is 0 Å². The molecule has 6 nitrogen and oxygen atoms in total. The number of methoxy groups -OCH3 is 1. The maximum absolute atomic E-state index is 11.1. The summed E-state index contributed by atoms with van der Waals surface area (Å²) in [5, 5.41) is 9.34. The van der Waals surface area contributed by atoms with Gasteiger partial charge in [0, 0.05) is 19.2 Å². The number of ether oxygens (including phenoxy) is 2. The third kappa shape index (κ3) is 4.50. The highest BCUT2D eigenvalue weighted by Crippen LogP contribution is 2.30. The first-order chi connectivity index (χ1) is 11.7. The van der Waals surface area contributed by atoms with Crippen LogP contribution in [0.3, 0.4) is 0 Å². The number of nitrogens with zero attached hydrogens (tertiary/aromatic N) is 3. The fraction of sp³-hybridized carbons (Fsp3) is 0.471. The van der Waals surface area contributed by atoms with Crippen molar-refractivity contribution < 1.29 is 14.3 Å². The minimum atomic E-state index is 0.500. The molecule has 0 saturated carbocycles. The zero-order valence-electron chi connectivity index (χ0n) is 14.3. The smallest absolute Gasteiger partial charge is 0.190 e. The molecule has 0 unspecified atom stereocenters. The van der Waals surface area contributed by atoms with Crippen LogP contribution in [-0.4, -0.2) is 40.5 Å². The first-order valence-corrected chi connectivity index (χ1v) is 8.95. The van der Waals surface area contributed by atoms with Crippen LogP contribution in [0.2, 0.25) is 0 Å². The van der Waals surface area contributed by atoms with E-state index in [-0.39, 0.29) is 0 Å². The number of carbonyl (C=O) groups excluding carboxylic acids is 1. The van der Waals surface area contributed by atoms with Crippen molar-refractivity contribution in [3.05, 3.63) is 29.6 Å². The molecule has 0 aliphatic rings. The molecule has 0 aliphatic heterocycles. The number of aldehydes is 1. The number of benzene rings is 1. The zero-order valence-corrected chi connectivity index (χ0v) is 15.1. The van der Waals surface area contributed by atoms with Gasteiger partial charge in [0.05, 0.1) is 19.3 Å². The summed E-state index contributed by atoms with van der Waals surface area (Å²) in [7, 11) is 3.56. The number of aryl methyl sites for hydroxylation is 1. The van der Waals surface area contributed by atoms with Gasteiger partial charge in [-0.25, -0.2) is 0 Å². The van der Waals surface area contributed by atoms with Crippen LogP contribution in [-0.2, 0) is 13.5 Å². The summed E-state index contributed by atoms with van der Waals surface area (Å²) in [6.45, 7) is 2.64. The average molecular weight is 349 g/mol. The van der Waals surface area contributed by atoms with E-state index in [1.54, 1.807) is 37.1 Å². The molecule has 0 bridgehead atoms. The van der Waals surface area contributed by atoms with Crippen LogP contribution < -0.4 is 9.47 Å². The standard InChI is InChI=1S/C17H23N3O3S/c1-4-7-15-18-19-17(20(15)2)24-11-6-10-23-16-13(12-21)8-5-9-14(16)22-3/h5,8-9,12H,4,6-7,10-11H2,1-3H3. The van der Waals surface area contributed by atoms with Crippen molar-refractivity contribution in [1.82, 2.24) is 14.8 Å². The lowest BCUT2D eigenvalue weighted by atomic mass is 10.2. The second kappa shape index (κ2) is 9.32. The Morgan fingerprint density at radius 1 is 1.33 bits per heavy atom. The fourth-order valence-corrected chi connectivity index (χ4v) is 3.09. The quantitative estimate of drug-likeness (QED) is 0.373. The van der Waals surface area contributed by atoms with E-state index >= 15 is 0 Å². The molecule has 0 atom stereocenters. The monoisotopic (exact) mass is 349 g/mol. The first-order valence-electron chi connectivity index (χ1n) is 7.97. The van der Waals surface area contributed by atoms with E-state index in [0.29, 0.717) is 23.7 Å². The van der Waals surface area contributed by atoms with Gasteiger partial charge >= 0.3 is 0 Å². The SMILES string of the molecule is CCCc1nnc(SCCCOc2c(C=O)cccc2OC)n1C. The van der Waals surface area contributed by atoms with Gasteiger partial charge in [0.1, 0.15) is 5.82 Å². The Morgan fingerprint density at radius 3 is 2.88 bits per heavy atom. The molecule has 2 aromatic rings. The highest BCUT2D eigenvalue weighted by molar-refractivity contribution is 7.99. The summed E-state index contributed by atoms with van der Waals surface area (Å²) in [5.74, 6) is 2.96. The van der Waals surface area contributed by atoms with Crippen LogP contribution in [0.4, 0.5) is 0 Å². The Hall–Kier alpha value is -2.02. The lowest BCUT2D eigenvalue weighted by molar-refractivity contribution is 0.111. The van der Waals surface area contributed by atoms with Gasteiger partial charge in [-0.05, 0) is 25.0 Å². The second-order valence-electron chi connectivity index (χ2n) is 5.25. The van der Waals surface area contributed by atoms with Gasteiger partial charge in [0.25, 0.3) is 0 Å². The van der Waals surface area contributed by atoms with Gasteiger partial charge in [-0.2, -0.15) is 0 Å². The molecule has 2 rings (SSSR count). The number of aromatic nitrogens is 3. The highest BCUT2D eigenvalue weighted by atomic mass is 32.2. The fourth-order valence-electron chi connectivity index (χ4n) is 2.25. The van der Waals surface area contributed by atoms with E-state index < -0.39 is 0 Å². The van der Waals surface area contributed by atoms with Crippen LogP contribution >= 0.6 is 11.8 Å². The van der Waals surface area contributed by atoms with Gasteiger partial charge < -0.3 is 14.0 Å². The molecule has 0 N–H and O–H groups in total. The van der Waals surface area contributed by atoms with Crippen LogP contribution in [0.1, 0.15) is 35.9 Å². The van der Waals surface area contributed by atoms with E-state index in [9.17, 15) is 4.79 Å². The van der Waals surface area contributed by atoms with Gasteiger partial charge in [0.2, 0.25) is 0 Å². The number of hydrogen-bond donors (Lipinski definition) is 0. The van der Waals surface area contributed by atoms with Crippen LogP contribution in [0.5, 0.6) is 11.5 Å². The van der Waals surface area contributed by atoms with E-state index in [1.807, 2.05) is 11.6 Å². The number of para-hydroxylation sites is 1. The summed E-state index contributed by atoms with van der Waals surface area (Å²) in [5.41, 5.74) is 0.500. The molecule has 0 spiro atoms. The summed E-state index contributed by atoms with van der Waals surface area (Å²) >= 11 is 1.66. The van der Waals surface area contributed by atoms with E-state index in [0.717, 1.165) is 42.3 Å². The molecule has 1 aromatic carbocycles. The first kappa shape index (κ1) is 18.3. The molecule has 0 fully saturated rings. The molecule has 24 heavy (non-hydrogen) atoms. The van der Waals surface area contributed by atoms with Crippen molar-refractivity contribution in [2.45, 2.75) is 31.3 Å². The second-order valence-corrected chi connectivity index (χ2v) is 6.32. The molecular formula is C17H23N3O3S. The molecule has 0 saturated heterocycles. The van der Waals surface area contributed by atoms with E-state index in [4.69, 9.17) is 9.47 Å². The van der Waals surface area contributed by atoms with Crippen LogP contribution in [0.15, 0.2) is 23.4 Å². The summed E-state index contributed by atoms with van der Waals surface area (Å²) < 4.78 is 13.0. The normalized spacial score (nSPS) is 10.6. The molecule has 0 amide bonds. The summed E-state index contributed by atoms with van der Waals surface area (Å²) in [6, 6.07) is 5.27. The van der Waals surface area contributed by atoms with E-state index in [1.165, 1.54) is 0 Å². The molecular weight excluding hydrogens is 326 g/mol. The number of thioether (sulfide) groups is 1. The predicted molar refractivity (Wildman–Crippen MR) is 94.2 cm³/mol.